The lowest BCUT2D eigenvalue weighted by Crippen LogP contribution is -2.39. The monoisotopic (exact) mass is 293 g/mol. The van der Waals surface area contributed by atoms with Crippen LogP contribution in [0.5, 0.6) is 0 Å². The fourth-order valence-corrected chi connectivity index (χ4v) is 3.56. The quantitative estimate of drug-likeness (QED) is 0.905. The molecule has 0 heterocycles. The fourth-order valence-electron chi connectivity index (χ4n) is 2.73. The highest BCUT2D eigenvalue weighted by Gasteiger charge is 2.22. The van der Waals surface area contributed by atoms with Crippen molar-refractivity contribution in [3.05, 3.63) is 35.4 Å². The summed E-state index contributed by atoms with van der Waals surface area (Å²) >= 11 is 1.91. The largest absolute Gasteiger partial charge is 0.380 e. The van der Waals surface area contributed by atoms with Gasteiger partial charge in [0.15, 0.2) is 0 Å². The molecule has 1 aromatic carbocycles. The van der Waals surface area contributed by atoms with Gasteiger partial charge in [-0.25, -0.2) is 0 Å². The Bertz CT molecular complexity index is 450. The maximum atomic E-state index is 12.3. The van der Waals surface area contributed by atoms with E-state index in [0.29, 0.717) is 17.9 Å². The highest BCUT2D eigenvalue weighted by Crippen LogP contribution is 2.27. The summed E-state index contributed by atoms with van der Waals surface area (Å²) in [7, 11) is 1.66. The molecular weight excluding hydrogens is 270 g/mol. The van der Waals surface area contributed by atoms with E-state index in [1.54, 1.807) is 7.11 Å². The normalized spacial score (nSPS) is 22.5. The Morgan fingerprint density at radius 2 is 2.30 bits per heavy atom. The van der Waals surface area contributed by atoms with Crippen molar-refractivity contribution in [2.24, 2.45) is 0 Å². The van der Waals surface area contributed by atoms with Crippen LogP contribution in [0.4, 0.5) is 0 Å². The summed E-state index contributed by atoms with van der Waals surface area (Å²) < 4.78 is 5.11. The number of methoxy groups -OCH3 is 1. The zero-order chi connectivity index (χ0) is 14.4. The first-order valence-corrected chi connectivity index (χ1v) is 8.43. The number of hydrogen-bond donors (Lipinski definition) is 1. The van der Waals surface area contributed by atoms with E-state index in [1.807, 2.05) is 36.0 Å². The summed E-state index contributed by atoms with van der Waals surface area (Å²) in [5.74, 6) is 0.0368. The summed E-state index contributed by atoms with van der Waals surface area (Å²) in [6.45, 7) is 0.541. The van der Waals surface area contributed by atoms with Gasteiger partial charge in [-0.15, -0.1) is 0 Å². The molecule has 0 spiro atoms. The predicted molar refractivity (Wildman–Crippen MR) is 84.2 cm³/mol. The fraction of sp³-hybridized carbons (Fsp3) is 0.562. The first-order chi connectivity index (χ1) is 9.72. The number of carbonyl (C=O) groups excluding carboxylic acids is 1. The maximum Gasteiger partial charge on any atom is 0.251 e. The molecular formula is C16H23NO2S. The van der Waals surface area contributed by atoms with Crippen molar-refractivity contribution >= 4 is 17.7 Å². The molecule has 1 fully saturated rings. The van der Waals surface area contributed by atoms with Gasteiger partial charge in [-0.2, -0.15) is 11.8 Å². The third kappa shape index (κ3) is 4.25. The molecule has 0 radical (unpaired) electrons. The lowest BCUT2D eigenvalue weighted by molar-refractivity contribution is 0.0928. The van der Waals surface area contributed by atoms with Gasteiger partial charge in [0.05, 0.1) is 6.61 Å². The van der Waals surface area contributed by atoms with E-state index in [4.69, 9.17) is 4.74 Å². The van der Waals surface area contributed by atoms with Crippen molar-refractivity contribution < 1.29 is 9.53 Å². The van der Waals surface area contributed by atoms with Crippen LogP contribution < -0.4 is 5.32 Å². The maximum absolute atomic E-state index is 12.3. The average molecular weight is 293 g/mol. The van der Waals surface area contributed by atoms with Crippen LogP contribution >= 0.6 is 11.8 Å². The van der Waals surface area contributed by atoms with Crippen LogP contribution in [0.3, 0.4) is 0 Å². The van der Waals surface area contributed by atoms with E-state index >= 15 is 0 Å². The van der Waals surface area contributed by atoms with E-state index in [-0.39, 0.29) is 5.91 Å². The number of amides is 1. The smallest absolute Gasteiger partial charge is 0.251 e. The van der Waals surface area contributed by atoms with E-state index in [2.05, 4.69) is 11.6 Å². The van der Waals surface area contributed by atoms with E-state index in [1.165, 1.54) is 12.8 Å². The second-order valence-corrected chi connectivity index (χ2v) is 6.47. The zero-order valence-corrected chi connectivity index (χ0v) is 13.0. The van der Waals surface area contributed by atoms with Gasteiger partial charge in [0.25, 0.3) is 5.91 Å². The minimum absolute atomic E-state index is 0.0368. The van der Waals surface area contributed by atoms with Crippen LogP contribution in [0.2, 0.25) is 0 Å². The Balaban J connectivity index is 1.95. The van der Waals surface area contributed by atoms with Crippen LogP contribution in [0.15, 0.2) is 24.3 Å². The SMILES string of the molecule is COCc1cccc(C(=O)N[C@H]2CCC[C@@H](SC)C2)c1. The van der Waals surface area contributed by atoms with Crippen molar-refractivity contribution in [1.82, 2.24) is 5.32 Å². The third-order valence-electron chi connectivity index (χ3n) is 3.79. The molecule has 1 aliphatic rings. The lowest BCUT2D eigenvalue weighted by Gasteiger charge is -2.28. The number of rotatable bonds is 5. The minimum Gasteiger partial charge on any atom is -0.380 e. The van der Waals surface area contributed by atoms with Crippen LogP contribution in [-0.4, -0.2) is 30.6 Å². The van der Waals surface area contributed by atoms with Crippen molar-refractivity contribution in [1.29, 1.82) is 0 Å². The zero-order valence-electron chi connectivity index (χ0n) is 12.2. The summed E-state index contributed by atoms with van der Waals surface area (Å²) in [6, 6.07) is 7.98. The Morgan fingerprint density at radius 3 is 3.05 bits per heavy atom. The van der Waals surface area contributed by atoms with Crippen LogP contribution in [0.25, 0.3) is 0 Å². The molecule has 0 unspecified atom stereocenters. The van der Waals surface area contributed by atoms with E-state index < -0.39 is 0 Å². The molecule has 3 nitrogen and oxygen atoms in total. The van der Waals surface area contributed by atoms with E-state index in [0.717, 1.165) is 24.0 Å². The molecule has 1 aliphatic carbocycles. The first-order valence-electron chi connectivity index (χ1n) is 7.14. The molecule has 1 saturated carbocycles. The molecule has 20 heavy (non-hydrogen) atoms. The van der Waals surface area contributed by atoms with Gasteiger partial charge in [-0.1, -0.05) is 18.6 Å². The molecule has 1 N–H and O–H groups in total. The predicted octanol–water partition coefficient (Wildman–Crippen LogP) is 3.24. The Hall–Kier alpha value is -1.00. The van der Waals surface area contributed by atoms with Crippen molar-refractivity contribution in [2.75, 3.05) is 13.4 Å². The van der Waals surface area contributed by atoms with Gasteiger partial charge >= 0.3 is 0 Å². The van der Waals surface area contributed by atoms with E-state index in [9.17, 15) is 4.79 Å². The standard InChI is InChI=1S/C16H23NO2S/c1-19-11-12-5-3-6-13(9-12)16(18)17-14-7-4-8-15(10-14)20-2/h3,5-6,9,14-15H,4,7-8,10-11H2,1-2H3,(H,17,18)/t14-,15+/m0/s1. The lowest BCUT2D eigenvalue weighted by atomic mass is 9.94. The number of ether oxygens (including phenoxy) is 1. The number of hydrogen-bond acceptors (Lipinski definition) is 3. The van der Waals surface area contributed by atoms with Gasteiger partial charge in [0, 0.05) is 24.0 Å². The van der Waals surface area contributed by atoms with Crippen molar-refractivity contribution in [3.8, 4) is 0 Å². The number of nitrogens with one attached hydrogen (secondary N) is 1. The molecule has 1 amide bonds. The molecule has 110 valence electrons. The molecule has 4 heteroatoms. The van der Waals surface area contributed by atoms with Gasteiger partial charge in [-0.3, -0.25) is 4.79 Å². The first kappa shape index (κ1) is 15.4. The number of carbonyl (C=O) groups is 1. The topological polar surface area (TPSA) is 38.3 Å². The summed E-state index contributed by atoms with van der Waals surface area (Å²) in [4.78, 5) is 12.3. The molecule has 0 aromatic heterocycles. The van der Waals surface area contributed by atoms with Gasteiger partial charge in [0.1, 0.15) is 0 Å². The number of benzene rings is 1. The molecule has 0 aliphatic heterocycles. The highest BCUT2D eigenvalue weighted by atomic mass is 32.2. The molecule has 2 rings (SSSR count). The summed E-state index contributed by atoms with van der Waals surface area (Å²) in [5.41, 5.74) is 1.76. The molecule has 1 aromatic rings. The number of thioether (sulfide) groups is 1. The van der Waals surface area contributed by atoms with Gasteiger partial charge in [-0.05, 0) is 43.2 Å². The molecule has 2 atom stereocenters. The Morgan fingerprint density at radius 1 is 1.45 bits per heavy atom. The third-order valence-corrected chi connectivity index (χ3v) is 4.89. The Labute approximate surface area is 125 Å². The van der Waals surface area contributed by atoms with Gasteiger partial charge in [0.2, 0.25) is 0 Å². The van der Waals surface area contributed by atoms with Crippen LogP contribution in [-0.2, 0) is 11.3 Å². The van der Waals surface area contributed by atoms with Crippen LogP contribution in [0, 0.1) is 0 Å². The molecule has 0 saturated heterocycles. The summed E-state index contributed by atoms with van der Waals surface area (Å²) in [6.07, 6.45) is 6.82. The highest BCUT2D eigenvalue weighted by molar-refractivity contribution is 7.99. The van der Waals surface area contributed by atoms with Crippen LogP contribution in [0.1, 0.15) is 41.6 Å². The van der Waals surface area contributed by atoms with Crippen molar-refractivity contribution in [2.45, 2.75) is 43.6 Å². The summed E-state index contributed by atoms with van der Waals surface area (Å²) in [5, 5.41) is 3.86. The Kier molecular flexibility index (Phi) is 5.92. The second-order valence-electron chi connectivity index (χ2n) is 5.33. The van der Waals surface area contributed by atoms with Crippen molar-refractivity contribution in [3.63, 3.8) is 0 Å². The molecule has 0 bridgehead atoms. The van der Waals surface area contributed by atoms with Gasteiger partial charge < -0.3 is 10.1 Å². The second kappa shape index (κ2) is 7.70. The minimum atomic E-state index is 0.0368. The average Bonchev–Trinajstić information content (AvgIpc) is 2.48.